The van der Waals surface area contributed by atoms with Crippen LogP contribution in [0.25, 0.3) is 0 Å². The molecule has 1 aromatic rings. The molecule has 146 valence electrons. The molecule has 4 rings (SSSR count). The van der Waals surface area contributed by atoms with Gasteiger partial charge in [0.2, 0.25) is 0 Å². The van der Waals surface area contributed by atoms with Crippen molar-refractivity contribution >= 4 is 5.97 Å². The first-order chi connectivity index (χ1) is 13.1. The van der Waals surface area contributed by atoms with Crippen LogP contribution in [0.15, 0.2) is 29.8 Å². The maximum absolute atomic E-state index is 11.4. The second-order valence-electron chi connectivity index (χ2n) is 8.41. The van der Waals surface area contributed by atoms with Gasteiger partial charge in [0, 0.05) is 5.92 Å². The van der Waals surface area contributed by atoms with E-state index in [2.05, 4.69) is 11.4 Å². The average Bonchev–Trinajstić information content (AvgIpc) is 3.31. The summed E-state index contributed by atoms with van der Waals surface area (Å²) in [6.07, 6.45) is 12.1. The lowest BCUT2D eigenvalue weighted by atomic mass is 9.75. The molecule has 1 spiro atoms. The van der Waals surface area contributed by atoms with E-state index in [-0.39, 0.29) is 11.7 Å². The van der Waals surface area contributed by atoms with Gasteiger partial charge in [0.05, 0.1) is 0 Å². The maximum atomic E-state index is 11.4. The number of allylic oxidation sites excluding steroid dienone is 1. The number of ether oxygens (including phenoxy) is 1. The number of carboxylic acid groups (broad SMARTS) is 1. The molecule has 2 fully saturated rings. The van der Waals surface area contributed by atoms with E-state index in [1.165, 1.54) is 44.1 Å². The number of aliphatic carboxylic acids is 1. The molecular weight excluding hydrogens is 342 g/mol. The van der Waals surface area contributed by atoms with Crippen molar-refractivity contribution in [1.82, 2.24) is 5.32 Å². The Hall–Kier alpha value is -2.01. The largest absolute Gasteiger partial charge is 0.504 e. The number of carbonyl (C=O) groups is 1. The Labute approximate surface area is 160 Å². The lowest BCUT2D eigenvalue weighted by Gasteiger charge is -2.31. The highest BCUT2D eigenvalue weighted by molar-refractivity contribution is 5.75. The molecule has 3 N–H and O–H groups in total. The first-order valence-electron chi connectivity index (χ1n) is 10.2. The van der Waals surface area contributed by atoms with E-state index in [9.17, 15) is 15.0 Å². The summed E-state index contributed by atoms with van der Waals surface area (Å²) in [5.74, 6) is -0.396. The molecule has 0 radical (unpaired) electrons. The molecule has 5 nitrogen and oxygen atoms in total. The smallest absolute Gasteiger partial charge is 0.321 e. The van der Waals surface area contributed by atoms with Crippen LogP contribution >= 0.6 is 0 Å². The lowest BCUT2D eigenvalue weighted by Crippen LogP contribution is -2.34. The Bertz CT molecular complexity index is 736. The number of hydrogen-bond donors (Lipinski definition) is 3. The van der Waals surface area contributed by atoms with E-state index in [4.69, 9.17) is 4.74 Å². The molecule has 1 unspecified atom stereocenters. The van der Waals surface area contributed by atoms with Gasteiger partial charge in [0.25, 0.3) is 0 Å². The standard InChI is InChI=1S/C22H29NO4/c24-18-12-16(17-7-11-23-20(17)21(25)26)5-6-19(18)27-14-15-4-3-10-22(13-15)8-1-2-9-22/h5-6,12-13,17,20,23-24H,1-4,7-11,14H2,(H,25,26)/t17?,20-/m0/s1. The predicted molar refractivity (Wildman–Crippen MR) is 103 cm³/mol. The summed E-state index contributed by atoms with van der Waals surface area (Å²) >= 11 is 0. The zero-order valence-electron chi connectivity index (χ0n) is 15.7. The van der Waals surface area contributed by atoms with Gasteiger partial charge >= 0.3 is 5.97 Å². The first-order valence-corrected chi connectivity index (χ1v) is 10.2. The summed E-state index contributed by atoms with van der Waals surface area (Å²) in [7, 11) is 0. The van der Waals surface area contributed by atoms with E-state index in [1.807, 2.05) is 6.07 Å². The van der Waals surface area contributed by atoms with Crippen molar-refractivity contribution in [2.24, 2.45) is 5.41 Å². The third-order valence-corrected chi connectivity index (χ3v) is 6.59. The topological polar surface area (TPSA) is 78.8 Å². The van der Waals surface area contributed by atoms with E-state index < -0.39 is 12.0 Å². The van der Waals surface area contributed by atoms with Gasteiger partial charge in [0.15, 0.2) is 11.5 Å². The molecule has 3 aliphatic rings. The Balaban J connectivity index is 1.43. The summed E-state index contributed by atoms with van der Waals surface area (Å²) in [5, 5.41) is 22.7. The summed E-state index contributed by atoms with van der Waals surface area (Å²) < 4.78 is 5.92. The van der Waals surface area contributed by atoms with Gasteiger partial charge in [-0.25, -0.2) is 0 Å². The molecule has 0 aromatic heterocycles. The molecule has 1 saturated heterocycles. The fraction of sp³-hybridized carbons (Fsp3) is 0.591. The highest BCUT2D eigenvalue weighted by atomic mass is 16.5. The quantitative estimate of drug-likeness (QED) is 0.683. The Morgan fingerprint density at radius 2 is 2.00 bits per heavy atom. The average molecular weight is 371 g/mol. The van der Waals surface area contributed by atoms with Crippen LogP contribution in [0.2, 0.25) is 0 Å². The van der Waals surface area contributed by atoms with Crippen LogP contribution in [-0.4, -0.2) is 35.4 Å². The van der Waals surface area contributed by atoms with E-state index >= 15 is 0 Å². The number of nitrogens with one attached hydrogen (secondary N) is 1. The maximum Gasteiger partial charge on any atom is 0.321 e. The lowest BCUT2D eigenvalue weighted by molar-refractivity contribution is -0.139. The number of aromatic hydroxyl groups is 1. The minimum absolute atomic E-state index is 0.0931. The van der Waals surface area contributed by atoms with Crippen molar-refractivity contribution in [3.05, 3.63) is 35.4 Å². The van der Waals surface area contributed by atoms with Crippen molar-refractivity contribution in [1.29, 1.82) is 0 Å². The van der Waals surface area contributed by atoms with Gasteiger partial charge in [-0.2, -0.15) is 0 Å². The van der Waals surface area contributed by atoms with Gasteiger partial charge in [-0.3, -0.25) is 4.79 Å². The first kappa shape index (κ1) is 18.4. The zero-order valence-corrected chi connectivity index (χ0v) is 15.7. The number of phenols is 1. The fourth-order valence-electron chi connectivity index (χ4n) is 5.21. The molecule has 1 heterocycles. The second kappa shape index (κ2) is 7.55. The van der Waals surface area contributed by atoms with Crippen molar-refractivity contribution < 1.29 is 19.7 Å². The second-order valence-corrected chi connectivity index (χ2v) is 8.41. The van der Waals surface area contributed by atoms with Crippen LogP contribution in [-0.2, 0) is 4.79 Å². The normalized spacial score (nSPS) is 26.9. The van der Waals surface area contributed by atoms with Crippen LogP contribution in [0.4, 0.5) is 0 Å². The Morgan fingerprint density at radius 3 is 2.74 bits per heavy atom. The Morgan fingerprint density at radius 1 is 1.22 bits per heavy atom. The predicted octanol–water partition coefficient (Wildman–Crippen LogP) is 3.97. The molecule has 5 heteroatoms. The van der Waals surface area contributed by atoms with Crippen molar-refractivity contribution in [3.63, 3.8) is 0 Å². The minimum atomic E-state index is -0.845. The third kappa shape index (κ3) is 3.84. The SMILES string of the molecule is O=C(O)[C@H]1NCCC1c1ccc(OCC2=CC3(CCCC3)CCC2)c(O)c1. The van der Waals surface area contributed by atoms with Crippen LogP contribution in [0.1, 0.15) is 62.8 Å². The third-order valence-electron chi connectivity index (χ3n) is 6.59. The van der Waals surface area contributed by atoms with Gasteiger partial charge in [-0.1, -0.05) is 25.0 Å². The molecule has 27 heavy (non-hydrogen) atoms. The number of rotatable bonds is 5. The molecule has 2 atom stereocenters. The molecular formula is C22H29NO4. The molecule has 0 amide bonds. The van der Waals surface area contributed by atoms with Crippen LogP contribution in [0, 0.1) is 5.41 Å². The highest BCUT2D eigenvalue weighted by Gasteiger charge is 2.35. The number of hydrogen-bond acceptors (Lipinski definition) is 4. The summed E-state index contributed by atoms with van der Waals surface area (Å²) in [6, 6.07) is 4.73. The summed E-state index contributed by atoms with van der Waals surface area (Å²) in [5.41, 5.74) is 2.60. The van der Waals surface area contributed by atoms with Crippen molar-refractivity contribution in [3.8, 4) is 11.5 Å². The van der Waals surface area contributed by atoms with Crippen LogP contribution in [0.3, 0.4) is 0 Å². The molecule has 1 aromatic carbocycles. The summed E-state index contributed by atoms with van der Waals surface area (Å²) in [4.78, 5) is 11.4. The van der Waals surface area contributed by atoms with Gasteiger partial charge in [-0.05, 0) is 73.8 Å². The van der Waals surface area contributed by atoms with Gasteiger partial charge in [-0.15, -0.1) is 0 Å². The summed E-state index contributed by atoms with van der Waals surface area (Å²) in [6.45, 7) is 1.20. The zero-order chi connectivity index (χ0) is 18.9. The van der Waals surface area contributed by atoms with Gasteiger partial charge in [0.1, 0.15) is 12.6 Å². The van der Waals surface area contributed by atoms with Crippen molar-refractivity contribution in [2.45, 2.75) is 63.3 Å². The molecule has 0 bridgehead atoms. The van der Waals surface area contributed by atoms with Gasteiger partial charge < -0.3 is 20.3 Å². The molecule has 1 saturated carbocycles. The number of carboxylic acids is 1. The monoisotopic (exact) mass is 371 g/mol. The highest BCUT2D eigenvalue weighted by Crippen LogP contribution is 2.47. The molecule has 2 aliphatic carbocycles. The van der Waals surface area contributed by atoms with Crippen LogP contribution in [0.5, 0.6) is 11.5 Å². The molecule has 1 aliphatic heterocycles. The van der Waals surface area contributed by atoms with E-state index in [1.54, 1.807) is 12.1 Å². The number of phenolic OH excluding ortho intramolecular Hbond substituents is 1. The minimum Gasteiger partial charge on any atom is -0.504 e. The van der Waals surface area contributed by atoms with E-state index in [0.29, 0.717) is 24.3 Å². The fourth-order valence-corrected chi connectivity index (χ4v) is 5.21. The Kier molecular flexibility index (Phi) is 5.13. The number of benzene rings is 1. The van der Waals surface area contributed by atoms with E-state index in [0.717, 1.165) is 18.4 Å². The van der Waals surface area contributed by atoms with Crippen LogP contribution < -0.4 is 10.1 Å². The van der Waals surface area contributed by atoms with Crippen molar-refractivity contribution in [2.75, 3.05) is 13.2 Å².